The minimum absolute atomic E-state index is 0.0267. The molecule has 0 saturated heterocycles. The molecule has 0 bridgehead atoms. The van der Waals surface area contributed by atoms with E-state index in [1.54, 1.807) is 49.4 Å². The lowest BCUT2D eigenvalue weighted by atomic mass is 10.1. The molecule has 7 nitrogen and oxygen atoms in total. The number of hydrogen-bond donors (Lipinski definition) is 0. The van der Waals surface area contributed by atoms with Gasteiger partial charge in [0.1, 0.15) is 12.4 Å². The quantitative estimate of drug-likeness (QED) is 0.255. The third kappa shape index (κ3) is 3.92. The normalized spacial score (nSPS) is 14.6. The van der Waals surface area contributed by atoms with Gasteiger partial charge in [0.25, 0.3) is 5.69 Å². The minimum atomic E-state index is -0.633. The molecule has 27 heavy (non-hydrogen) atoms. The molecule has 0 fully saturated rings. The first-order valence-electron chi connectivity index (χ1n) is 8.10. The average molecular weight is 364 g/mol. The summed E-state index contributed by atoms with van der Waals surface area (Å²) in [6.07, 6.45) is 3.17. The SMILES string of the molecule is C=CCOc1ccccc1C=C1N=C(c2ccc(C)c([N+](=O)[O-])c2)OC1=O. The van der Waals surface area contributed by atoms with Gasteiger partial charge in [0.2, 0.25) is 5.90 Å². The van der Waals surface area contributed by atoms with Crippen molar-refractivity contribution in [3.63, 3.8) is 0 Å². The lowest BCUT2D eigenvalue weighted by Gasteiger charge is -2.06. The molecule has 0 aliphatic carbocycles. The summed E-state index contributed by atoms with van der Waals surface area (Å²) in [6.45, 7) is 5.57. The standard InChI is InChI=1S/C20H16N2O5/c1-3-10-26-18-7-5-4-6-14(18)11-16-20(23)27-19(21-16)15-9-8-13(2)17(12-15)22(24)25/h3-9,11-12H,1,10H2,2H3. The number of carbonyl (C=O) groups excluding carboxylic acids is 1. The maximum atomic E-state index is 12.2. The van der Waals surface area contributed by atoms with Crippen LogP contribution in [-0.2, 0) is 9.53 Å². The molecule has 0 atom stereocenters. The molecule has 7 heteroatoms. The molecular formula is C20H16N2O5. The molecule has 0 spiro atoms. The van der Waals surface area contributed by atoms with E-state index in [2.05, 4.69) is 11.6 Å². The Morgan fingerprint density at radius 3 is 2.81 bits per heavy atom. The second-order valence-corrected chi connectivity index (χ2v) is 5.73. The monoisotopic (exact) mass is 364 g/mol. The van der Waals surface area contributed by atoms with E-state index in [1.165, 1.54) is 6.07 Å². The van der Waals surface area contributed by atoms with E-state index in [9.17, 15) is 14.9 Å². The van der Waals surface area contributed by atoms with E-state index in [4.69, 9.17) is 9.47 Å². The van der Waals surface area contributed by atoms with Gasteiger partial charge >= 0.3 is 5.97 Å². The van der Waals surface area contributed by atoms with Gasteiger partial charge in [0, 0.05) is 22.8 Å². The molecule has 1 aliphatic heterocycles. The zero-order chi connectivity index (χ0) is 19.4. The number of benzene rings is 2. The molecule has 2 aromatic rings. The van der Waals surface area contributed by atoms with Crippen molar-refractivity contribution in [3.05, 3.63) is 87.6 Å². The van der Waals surface area contributed by atoms with Crippen LogP contribution in [0.5, 0.6) is 5.75 Å². The van der Waals surface area contributed by atoms with Crippen molar-refractivity contribution in [1.29, 1.82) is 0 Å². The van der Waals surface area contributed by atoms with Crippen LogP contribution in [0.25, 0.3) is 6.08 Å². The van der Waals surface area contributed by atoms with Crippen molar-refractivity contribution in [2.75, 3.05) is 6.61 Å². The third-order valence-corrected chi connectivity index (χ3v) is 3.84. The summed E-state index contributed by atoms with van der Waals surface area (Å²) in [5, 5.41) is 11.1. The highest BCUT2D eigenvalue weighted by atomic mass is 16.6. The van der Waals surface area contributed by atoms with Gasteiger partial charge in [-0.15, -0.1) is 0 Å². The average Bonchev–Trinajstić information content (AvgIpc) is 3.01. The Labute approximate surface area is 155 Å². The van der Waals surface area contributed by atoms with Crippen LogP contribution in [0.15, 0.2) is 65.8 Å². The molecule has 0 aromatic heterocycles. The van der Waals surface area contributed by atoms with Gasteiger partial charge in [-0.2, -0.15) is 0 Å². The summed E-state index contributed by atoms with van der Waals surface area (Å²) in [5.41, 5.74) is 1.55. The Morgan fingerprint density at radius 2 is 2.07 bits per heavy atom. The number of aliphatic imine (C=N–C) groups is 1. The highest BCUT2D eigenvalue weighted by Crippen LogP contribution is 2.26. The van der Waals surface area contributed by atoms with E-state index >= 15 is 0 Å². The number of nitro groups is 1. The summed E-state index contributed by atoms with van der Waals surface area (Å²) in [6, 6.07) is 11.7. The lowest BCUT2D eigenvalue weighted by Crippen LogP contribution is -2.06. The van der Waals surface area contributed by atoms with Crippen LogP contribution >= 0.6 is 0 Å². The molecule has 0 amide bonds. The zero-order valence-corrected chi connectivity index (χ0v) is 14.5. The van der Waals surface area contributed by atoms with E-state index in [0.29, 0.717) is 29.0 Å². The van der Waals surface area contributed by atoms with Gasteiger partial charge in [-0.05, 0) is 25.1 Å². The molecular weight excluding hydrogens is 348 g/mol. The van der Waals surface area contributed by atoms with E-state index in [1.807, 2.05) is 6.07 Å². The van der Waals surface area contributed by atoms with Crippen molar-refractivity contribution >= 4 is 23.6 Å². The van der Waals surface area contributed by atoms with Gasteiger partial charge in [0.05, 0.1) is 4.92 Å². The van der Waals surface area contributed by atoms with Crippen molar-refractivity contribution in [3.8, 4) is 5.75 Å². The van der Waals surface area contributed by atoms with Crippen molar-refractivity contribution < 1.29 is 19.2 Å². The number of nitro benzene ring substituents is 1. The molecule has 1 aliphatic rings. The second-order valence-electron chi connectivity index (χ2n) is 5.73. The van der Waals surface area contributed by atoms with Gasteiger partial charge in [0.15, 0.2) is 5.70 Å². The number of rotatable bonds is 6. The van der Waals surface area contributed by atoms with Crippen LogP contribution in [-0.4, -0.2) is 23.4 Å². The number of ether oxygens (including phenoxy) is 2. The largest absolute Gasteiger partial charge is 0.489 e. The smallest absolute Gasteiger partial charge is 0.363 e. The van der Waals surface area contributed by atoms with Crippen molar-refractivity contribution in [1.82, 2.24) is 0 Å². The Morgan fingerprint density at radius 1 is 1.30 bits per heavy atom. The third-order valence-electron chi connectivity index (χ3n) is 3.84. The molecule has 0 radical (unpaired) electrons. The predicted molar refractivity (Wildman–Crippen MR) is 101 cm³/mol. The summed E-state index contributed by atoms with van der Waals surface area (Å²) < 4.78 is 10.8. The summed E-state index contributed by atoms with van der Waals surface area (Å²) >= 11 is 0. The van der Waals surface area contributed by atoms with Crippen LogP contribution < -0.4 is 4.74 Å². The lowest BCUT2D eigenvalue weighted by molar-refractivity contribution is -0.385. The second kappa shape index (κ2) is 7.65. The molecule has 136 valence electrons. The first-order valence-corrected chi connectivity index (χ1v) is 8.10. The summed E-state index contributed by atoms with van der Waals surface area (Å²) in [5.74, 6) is -0.0297. The topological polar surface area (TPSA) is 91.0 Å². The number of esters is 1. The fraction of sp³-hybridized carbons (Fsp3) is 0.100. The Hall–Kier alpha value is -3.74. The van der Waals surface area contributed by atoms with Crippen LogP contribution in [0, 0.1) is 17.0 Å². The van der Waals surface area contributed by atoms with Gasteiger partial charge < -0.3 is 9.47 Å². The fourth-order valence-corrected chi connectivity index (χ4v) is 2.50. The van der Waals surface area contributed by atoms with E-state index in [-0.39, 0.29) is 17.3 Å². The molecule has 2 aromatic carbocycles. The Balaban J connectivity index is 1.96. The highest BCUT2D eigenvalue weighted by molar-refractivity contribution is 6.13. The zero-order valence-electron chi connectivity index (χ0n) is 14.5. The number of para-hydroxylation sites is 1. The minimum Gasteiger partial charge on any atom is -0.489 e. The Bertz CT molecular complexity index is 992. The Kier molecular flexibility index (Phi) is 5.12. The molecule has 0 unspecified atom stereocenters. The fourth-order valence-electron chi connectivity index (χ4n) is 2.50. The highest BCUT2D eigenvalue weighted by Gasteiger charge is 2.26. The maximum Gasteiger partial charge on any atom is 0.363 e. The molecule has 1 heterocycles. The molecule has 0 saturated carbocycles. The summed E-state index contributed by atoms with van der Waals surface area (Å²) in [7, 11) is 0. The molecule has 0 N–H and O–H groups in total. The summed E-state index contributed by atoms with van der Waals surface area (Å²) in [4.78, 5) is 27.0. The van der Waals surface area contributed by atoms with Crippen LogP contribution in [0.4, 0.5) is 5.69 Å². The van der Waals surface area contributed by atoms with Crippen LogP contribution in [0.2, 0.25) is 0 Å². The van der Waals surface area contributed by atoms with Gasteiger partial charge in [-0.3, -0.25) is 10.1 Å². The van der Waals surface area contributed by atoms with Gasteiger partial charge in [-0.25, -0.2) is 9.79 Å². The maximum absolute atomic E-state index is 12.2. The van der Waals surface area contributed by atoms with E-state index in [0.717, 1.165) is 0 Å². The first kappa shape index (κ1) is 18.1. The molecule has 3 rings (SSSR count). The van der Waals surface area contributed by atoms with Crippen molar-refractivity contribution in [2.24, 2.45) is 4.99 Å². The van der Waals surface area contributed by atoms with E-state index < -0.39 is 10.9 Å². The van der Waals surface area contributed by atoms with Crippen LogP contribution in [0.3, 0.4) is 0 Å². The number of hydrogen-bond acceptors (Lipinski definition) is 6. The number of cyclic esters (lactones) is 1. The van der Waals surface area contributed by atoms with Gasteiger partial charge in [-0.1, -0.05) is 36.9 Å². The first-order chi connectivity index (χ1) is 13.0. The van der Waals surface area contributed by atoms with Crippen LogP contribution in [0.1, 0.15) is 16.7 Å². The number of carbonyl (C=O) groups is 1. The van der Waals surface area contributed by atoms with Crippen molar-refractivity contribution in [2.45, 2.75) is 6.92 Å². The number of nitrogens with zero attached hydrogens (tertiary/aromatic N) is 2. The number of aryl methyl sites for hydroxylation is 1. The predicted octanol–water partition coefficient (Wildman–Crippen LogP) is 3.81.